The summed E-state index contributed by atoms with van der Waals surface area (Å²) in [5.74, 6) is -0.620. The number of para-hydroxylation sites is 2. The first-order valence-corrected chi connectivity index (χ1v) is 16.0. The molecule has 0 fully saturated rings. The number of unbranched alkanes of at least 4 members (excludes halogenated alkanes) is 1. The van der Waals surface area contributed by atoms with Crippen molar-refractivity contribution in [2.75, 3.05) is 24.0 Å². The Morgan fingerprint density at radius 1 is 0.976 bits per heavy atom. The van der Waals surface area contributed by atoms with Crippen LogP contribution in [0.25, 0.3) is 0 Å². The Hall–Kier alpha value is -3.27. The molecule has 0 saturated heterocycles. The van der Waals surface area contributed by atoms with Gasteiger partial charge in [0.05, 0.1) is 27.2 Å². The van der Waals surface area contributed by atoms with Gasteiger partial charge in [-0.15, -0.1) is 0 Å². The van der Waals surface area contributed by atoms with Crippen LogP contribution < -0.4 is 14.4 Å². The van der Waals surface area contributed by atoms with Crippen molar-refractivity contribution >= 4 is 50.7 Å². The van der Waals surface area contributed by atoms with Crippen LogP contribution in [0.1, 0.15) is 44.7 Å². The quantitative estimate of drug-likeness (QED) is 0.212. The van der Waals surface area contributed by atoms with Crippen molar-refractivity contribution in [3.05, 3.63) is 87.9 Å². The number of benzene rings is 3. The number of carbonyl (C=O) groups is 2. The van der Waals surface area contributed by atoms with Gasteiger partial charge in [0.1, 0.15) is 18.3 Å². The predicted molar refractivity (Wildman–Crippen MR) is 168 cm³/mol. The Labute approximate surface area is 258 Å². The first-order chi connectivity index (χ1) is 20.0. The molecule has 3 aromatic rings. The smallest absolute Gasteiger partial charge is 0.264 e. The maximum Gasteiger partial charge on any atom is 0.264 e. The lowest BCUT2D eigenvalue weighted by Gasteiger charge is -2.32. The van der Waals surface area contributed by atoms with Gasteiger partial charge in [-0.25, -0.2) is 8.42 Å². The van der Waals surface area contributed by atoms with Crippen molar-refractivity contribution in [2.45, 2.75) is 58.0 Å². The van der Waals surface area contributed by atoms with Crippen LogP contribution >= 0.6 is 23.2 Å². The van der Waals surface area contributed by atoms with E-state index in [9.17, 15) is 18.0 Å². The molecule has 0 unspecified atom stereocenters. The summed E-state index contributed by atoms with van der Waals surface area (Å²) in [6, 6.07) is 17.1. The van der Waals surface area contributed by atoms with Crippen LogP contribution in [0.15, 0.2) is 71.6 Å². The second-order valence-corrected chi connectivity index (χ2v) is 12.5. The molecule has 0 aliphatic rings. The lowest BCUT2D eigenvalue weighted by molar-refractivity contribution is -0.139. The molecule has 0 aromatic heterocycles. The van der Waals surface area contributed by atoms with Gasteiger partial charge in [-0.2, -0.15) is 0 Å². The summed E-state index contributed by atoms with van der Waals surface area (Å²) in [5, 5.41) is 3.52. The Balaban J connectivity index is 2.06. The number of hydrogen-bond acceptors (Lipinski definition) is 5. The molecular weight excluding hydrogens is 597 g/mol. The Kier molecular flexibility index (Phi) is 12.1. The Morgan fingerprint density at radius 3 is 2.31 bits per heavy atom. The summed E-state index contributed by atoms with van der Waals surface area (Å²) in [6.45, 7) is 7.46. The molecule has 0 aliphatic heterocycles. The number of sulfonamides is 1. The van der Waals surface area contributed by atoms with Crippen molar-refractivity contribution in [3.63, 3.8) is 0 Å². The van der Waals surface area contributed by atoms with Crippen LogP contribution in [-0.2, 0) is 26.2 Å². The van der Waals surface area contributed by atoms with Gasteiger partial charge in [-0.05, 0) is 69.2 Å². The molecule has 1 N–H and O–H groups in total. The molecule has 42 heavy (non-hydrogen) atoms. The minimum Gasteiger partial charge on any atom is -0.492 e. The number of hydrogen-bond donors (Lipinski definition) is 1. The number of carbonyl (C=O) groups excluding carboxylic acids is 2. The third-order valence-electron chi connectivity index (χ3n) is 6.66. The van der Waals surface area contributed by atoms with Crippen LogP contribution in [0.3, 0.4) is 0 Å². The fraction of sp³-hybridized carbons (Fsp3) is 0.355. The molecule has 226 valence electrons. The first kappa shape index (κ1) is 33.2. The van der Waals surface area contributed by atoms with Crippen molar-refractivity contribution in [1.82, 2.24) is 10.2 Å². The van der Waals surface area contributed by atoms with Crippen molar-refractivity contribution in [2.24, 2.45) is 0 Å². The molecule has 0 bridgehead atoms. The molecule has 8 nitrogen and oxygen atoms in total. The highest BCUT2D eigenvalue weighted by Gasteiger charge is 2.33. The summed E-state index contributed by atoms with van der Waals surface area (Å²) in [4.78, 5) is 28.6. The molecule has 0 radical (unpaired) electrons. The summed E-state index contributed by atoms with van der Waals surface area (Å²) in [5.41, 5.74) is 1.73. The number of aryl methyl sites for hydroxylation is 1. The summed E-state index contributed by atoms with van der Waals surface area (Å²) in [7, 11) is -4.22. The first-order valence-electron chi connectivity index (χ1n) is 13.8. The molecule has 2 amide bonds. The molecule has 3 aromatic carbocycles. The van der Waals surface area contributed by atoms with Gasteiger partial charge in [0, 0.05) is 13.1 Å². The average molecular weight is 635 g/mol. The molecule has 1 atom stereocenters. The minimum atomic E-state index is -4.22. The fourth-order valence-electron chi connectivity index (χ4n) is 4.24. The van der Waals surface area contributed by atoms with Gasteiger partial charge < -0.3 is 15.0 Å². The topological polar surface area (TPSA) is 96.0 Å². The number of halogens is 2. The van der Waals surface area contributed by atoms with Crippen molar-refractivity contribution in [1.29, 1.82) is 0 Å². The number of ether oxygens (including phenoxy) is 1. The maximum atomic E-state index is 14.1. The molecule has 3 rings (SSSR count). The minimum absolute atomic E-state index is 0.00358. The Morgan fingerprint density at radius 2 is 1.67 bits per heavy atom. The maximum absolute atomic E-state index is 14.1. The van der Waals surface area contributed by atoms with Gasteiger partial charge in [-0.1, -0.05) is 72.4 Å². The van der Waals surface area contributed by atoms with E-state index in [1.54, 1.807) is 68.4 Å². The Bertz CT molecular complexity index is 1480. The van der Waals surface area contributed by atoms with Crippen molar-refractivity contribution in [3.8, 4) is 5.75 Å². The van der Waals surface area contributed by atoms with E-state index in [1.165, 1.54) is 17.0 Å². The highest BCUT2D eigenvalue weighted by Crippen LogP contribution is 2.33. The van der Waals surface area contributed by atoms with E-state index in [0.717, 1.165) is 22.7 Å². The zero-order valence-electron chi connectivity index (χ0n) is 24.3. The lowest BCUT2D eigenvalue weighted by Crippen LogP contribution is -2.51. The fourth-order valence-corrected chi connectivity index (χ4v) is 5.99. The number of nitrogens with one attached hydrogen (secondary N) is 1. The number of anilines is 1. The highest BCUT2D eigenvalue weighted by atomic mass is 35.5. The zero-order chi connectivity index (χ0) is 30.9. The van der Waals surface area contributed by atoms with E-state index >= 15 is 0 Å². The van der Waals surface area contributed by atoms with Crippen molar-refractivity contribution < 1.29 is 22.7 Å². The van der Waals surface area contributed by atoms with Crippen LogP contribution in [0.2, 0.25) is 10.0 Å². The van der Waals surface area contributed by atoms with Gasteiger partial charge in [0.2, 0.25) is 11.8 Å². The summed E-state index contributed by atoms with van der Waals surface area (Å²) >= 11 is 12.3. The van der Waals surface area contributed by atoms with E-state index in [2.05, 4.69) is 5.32 Å². The third kappa shape index (κ3) is 8.40. The van der Waals surface area contributed by atoms with E-state index in [1.807, 2.05) is 13.8 Å². The normalized spacial score (nSPS) is 12.0. The number of amides is 2. The van der Waals surface area contributed by atoms with E-state index in [0.29, 0.717) is 34.5 Å². The van der Waals surface area contributed by atoms with Gasteiger partial charge in [-0.3, -0.25) is 13.9 Å². The SMILES string of the molecule is CCCCNC(=O)[C@@H](C)N(Cc1ccc(Cl)c(Cl)c1)C(=O)CN(c1ccccc1OCC)S(=O)(=O)c1ccc(C)cc1. The zero-order valence-corrected chi connectivity index (χ0v) is 26.6. The van der Waals surface area contributed by atoms with Crippen LogP contribution in [-0.4, -0.2) is 50.9 Å². The van der Waals surface area contributed by atoms with E-state index < -0.39 is 28.5 Å². The standard InChI is InChI=1S/C31H37Cl2N3O5S/c1-5-7-18-34-31(38)23(4)35(20-24-14-17-26(32)27(33)19-24)30(37)21-36(28-10-8-9-11-29(28)41-6-2)42(39,40)25-15-12-22(3)13-16-25/h8-17,19,23H,5-7,18,20-21H2,1-4H3,(H,34,38)/t23-/m1/s1. The monoisotopic (exact) mass is 633 g/mol. The van der Waals surface area contributed by atoms with E-state index in [4.69, 9.17) is 27.9 Å². The lowest BCUT2D eigenvalue weighted by atomic mass is 10.1. The second-order valence-electron chi connectivity index (χ2n) is 9.82. The van der Waals surface area contributed by atoms with Gasteiger partial charge in [0.15, 0.2) is 0 Å². The van der Waals surface area contributed by atoms with Gasteiger partial charge >= 0.3 is 0 Å². The third-order valence-corrected chi connectivity index (χ3v) is 9.17. The molecular formula is C31H37Cl2N3O5S. The number of rotatable bonds is 14. The van der Waals surface area contributed by atoms with E-state index in [-0.39, 0.29) is 23.0 Å². The van der Waals surface area contributed by atoms with Crippen LogP contribution in [0, 0.1) is 6.92 Å². The molecule has 0 spiro atoms. The average Bonchev–Trinajstić information content (AvgIpc) is 2.96. The highest BCUT2D eigenvalue weighted by molar-refractivity contribution is 7.92. The van der Waals surface area contributed by atoms with Crippen LogP contribution in [0.5, 0.6) is 5.75 Å². The summed E-state index contributed by atoms with van der Waals surface area (Å²) < 4.78 is 34.9. The second kappa shape index (κ2) is 15.3. The largest absolute Gasteiger partial charge is 0.492 e. The summed E-state index contributed by atoms with van der Waals surface area (Å²) in [6.07, 6.45) is 1.68. The molecule has 0 saturated carbocycles. The predicted octanol–water partition coefficient (Wildman–Crippen LogP) is 6.23. The molecule has 11 heteroatoms. The number of nitrogens with zero attached hydrogens (tertiary/aromatic N) is 2. The van der Waals surface area contributed by atoms with Crippen LogP contribution in [0.4, 0.5) is 5.69 Å². The van der Waals surface area contributed by atoms with Gasteiger partial charge in [0.25, 0.3) is 10.0 Å². The molecule has 0 aliphatic carbocycles. The molecule has 0 heterocycles.